The van der Waals surface area contributed by atoms with Gasteiger partial charge in [0.15, 0.2) is 11.2 Å². The number of ether oxygens (including phenoxy) is 1. The monoisotopic (exact) mass is 489 g/mol. The molecule has 2 aromatic heterocycles. The van der Waals surface area contributed by atoms with E-state index in [1.165, 1.54) is 19.2 Å². The van der Waals surface area contributed by atoms with Crippen LogP contribution >= 0.6 is 11.6 Å². The highest BCUT2D eigenvalue weighted by molar-refractivity contribution is 6.35. The third-order valence-electron chi connectivity index (χ3n) is 5.74. The van der Waals surface area contributed by atoms with Crippen molar-refractivity contribution in [1.82, 2.24) is 19.9 Å². The number of hydrogen-bond acceptors (Lipinski definition) is 7. The van der Waals surface area contributed by atoms with E-state index in [4.69, 9.17) is 16.3 Å². The van der Waals surface area contributed by atoms with Crippen LogP contribution in [-0.2, 0) is 4.74 Å². The van der Waals surface area contributed by atoms with Crippen LogP contribution in [0.3, 0.4) is 0 Å². The number of nitrogens with zero attached hydrogens (tertiary/aromatic N) is 3. The fourth-order valence-electron chi connectivity index (χ4n) is 4.11. The van der Waals surface area contributed by atoms with E-state index in [1.54, 1.807) is 10.6 Å². The van der Waals surface area contributed by atoms with Gasteiger partial charge >= 0.3 is 0 Å². The number of aliphatic hydroxyl groups excluding tert-OH is 1. The summed E-state index contributed by atoms with van der Waals surface area (Å²) in [6.45, 7) is 4.39. The number of carbonyl (C=O) groups is 1. The Bertz CT molecular complexity index is 1310. The van der Waals surface area contributed by atoms with Crippen molar-refractivity contribution < 1.29 is 19.0 Å². The molecule has 1 fully saturated rings. The molecule has 0 unspecified atom stereocenters. The minimum absolute atomic E-state index is 0.0315. The smallest absolute Gasteiger partial charge is 0.267 e. The second-order valence-electron chi connectivity index (χ2n) is 8.36. The summed E-state index contributed by atoms with van der Waals surface area (Å²) in [4.78, 5) is 33.6. The number of halogens is 2. The van der Waals surface area contributed by atoms with Crippen LogP contribution in [0.15, 0.2) is 29.2 Å². The standard InChI is InChI=1S/C23H25ClFN5O4/c1-11(2)30-16-7-12(6-13(24)20(16)18(31)8-17(30)22(33)26-3)21-14(25)9-27-23(29-21)28-15-4-5-34-10-19(15)32/h6-9,11,15,19,32H,4-5,10H2,1-3H3,(H,26,33)(H,27,28,29)/t15-,19-/m1/s1. The van der Waals surface area contributed by atoms with E-state index in [-0.39, 0.29) is 46.4 Å². The zero-order chi connectivity index (χ0) is 24.6. The molecule has 9 nitrogen and oxygen atoms in total. The fourth-order valence-corrected chi connectivity index (χ4v) is 4.42. The van der Waals surface area contributed by atoms with Gasteiger partial charge in [-0.2, -0.15) is 0 Å². The minimum Gasteiger partial charge on any atom is -0.389 e. The van der Waals surface area contributed by atoms with Crippen molar-refractivity contribution in [3.63, 3.8) is 0 Å². The van der Waals surface area contributed by atoms with Crippen molar-refractivity contribution in [1.29, 1.82) is 0 Å². The van der Waals surface area contributed by atoms with Gasteiger partial charge in [0.1, 0.15) is 11.4 Å². The molecule has 2 atom stereocenters. The van der Waals surface area contributed by atoms with Gasteiger partial charge in [0, 0.05) is 31.3 Å². The number of amides is 1. The molecule has 1 aliphatic rings. The van der Waals surface area contributed by atoms with Gasteiger partial charge in [-0.25, -0.2) is 14.4 Å². The van der Waals surface area contributed by atoms with E-state index in [0.717, 1.165) is 6.20 Å². The van der Waals surface area contributed by atoms with Crippen LogP contribution < -0.4 is 16.1 Å². The maximum atomic E-state index is 14.8. The molecule has 3 N–H and O–H groups in total. The molecular weight excluding hydrogens is 465 g/mol. The highest BCUT2D eigenvalue weighted by Gasteiger charge is 2.25. The number of carbonyl (C=O) groups excluding carboxylic acids is 1. The fraction of sp³-hybridized carbons (Fsp3) is 0.391. The molecule has 0 bridgehead atoms. The van der Waals surface area contributed by atoms with Gasteiger partial charge in [-0.1, -0.05) is 11.6 Å². The Morgan fingerprint density at radius 2 is 2.12 bits per heavy atom. The summed E-state index contributed by atoms with van der Waals surface area (Å²) >= 11 is 6.48. The van der Waals surface area contributed by atoms with Gasteiger partial charge < -0.3 is 25.0 Å². The van der Waals surface area contributed by atoms with Crippen LogP contribution in [-0.4, -0.2) is 58.0 Å². The summed E-state index contributed by atoms with van der Waals surface area (Å²) in [5.41, 5.74) is 0.422. The number of rotatable bonds is 5. The van der Waals surface area contributed by atoms with E-state index in [9.17, 15) is 19.1 Å². The molecule has 4 rings (SSSR count). The first-order chi connectivity index (χ1) is 16.2. The van der Waals surface area contributed by atoms with E-state index in [1.807, 2.05) is 13.8 Å². The lowest BCUT2D eigenvalue weighted by molar-refractivity contribution is -0.0136. The topological polar surface area (TPSA) is 118 Å². The molecule has 0 saturated carbocycles. The normalized spacial score (nSPS) is 18.3. The van der Waals surface area contributed by atoms with Gasteiger partial charge in [0.25, 0.3) is 5.91 Å². The number of aliphatic hydroxyl groups is 1. The van der Waals surface area contributed by atoms with Crippen molar-refractivity contribution in [2.45, 2.75) is 38.5 Å². The number of benzene rings is 1. The Labute approximate surface area is 199 Å². The Balaban J connectivity index is 1.87. The lowest BCUT2D eigenvalue weighted by atomic mass is 10.1. The second-order valence-corrected chi connectivity index (χ2v) is 8.77. The Kier molecular flexibility index (Phi) is 6.83. The highest BCUT2D eigenvalue weighted by atomic mass is 35.5. The summed E-state index contributed by atoms with van der Waals surface area (Å²) in [6, 6.07) is 3.76. The average molecular weight is 490 g/mol. The summed E-state index contributed by atoms with van der Waals surface area (Å²) in [5, 5.41) is 16.0. The number of hydrogen-bond donors (Lipinski definition) is 3. The first-order valence-corrected chi connectivity index (χ1v) is 11.2. The van der Waals surface area contributed by atoms with E-state index in [0.29, 0.717) is 24.1 Å². The van der Waals surface area contributed by atoms with Gasteiger partial charge in [0.05, 0.1) is 40.9 Å². The van der Waals surface area contributed by atoms with Crippen LogP contribution in [0, 0.1) is 5.82 Å². The molecule has 0 aliphatic carbocycles. The van der Waals surface area contributed by atoms with Gasteiger partial charge in [-0.15, -0.1) is 0 Å². The van der Waals surface area contributed by atoms with Gasteiger partial charge in [-0.3, -0.25) is 9.59 Å². The lowest BCUT2D eigenvalue weighted by Gasteiger charge is -2.28. The largest absolute Gasteiger partial charge is 0.389 e. The Morgan fingerprint density at radius 3 is 2.79 bits per heavy atom. The SMILES string of the molecule is CNC(=O)c1cc(=O)c2c(Cl)cc(-c3nc(N[C@@H]4CCOC[C@H]4O)ncc3F)cc2n1C(C)C. The summed E-state index contributed by atoms with van der Waals surface area (Å²) in [7, 11) is 1.48. The summed E-state index contributed by atoms with van der Waals surface area (Å²) in [6.07, 6.45) is 0.831. The maximum absolute atomic E-state index is 14.8. The van der Waals surface area contributed by atoms with Crippen LogP contribution in [0.25, 0.3) is 22.2 Å². The predicted molar refractivity (Wildman–Crippen MR) is 127 cm³/mol. The number of anilines is 1. The zero-order valence-corrected chi connectivity index (χ0v) is 19.7. The van der Waals surface area contributed by atoms with E-state index >= 15 is 0 Å². The molecule has 1 amide bonds. The number of aromatic nitrogens is 3. The predicted octanol–water partition coefficient (Wildman–Crippen LogP) is 2.75. The van der Waals surface area contributed by atoms with Crippen molar-refractivity contribution in [3.05, 3.63) is 51.2 Å². The molecule has 1 saturated heterocycles. The number of fused-ring (bicyclic) bond motifs is 1. The lowest BCUT2D eigenvalue weighted by Crippen LogP contribution is -2.42. The first kappa shape index (κ1) is 24.1. The number of nitrogens with one attached hydrogen (secondary N) is 2. The minimum atomic E-state index is -0.746. The summed E-state index contributed by atoms with van der Waals surface area (Å²) < 4.78 is 21.8. The molecular formula is C23H25ClFN5O4. The molecule has 0 radical (unpaired) electrons. The molecule has 11 heteroatoms. The third kappa shape index (κ3) is 4.48. The van der Waals surface area contributed by atoms with E-state index < -0.39 is 23.3 Å². The summed E-state index contributed by atoms with van der Waals surface area (Å²) in [5.74, 6) is -0.975. The van der Waals surface area contributed by atoms with Crippen molar-refractivity contribution >= 4 is 34.4 Å². The van der Waals surface area contributed by atoms with Crippen molar-refractivity contribution in [2.24, 2.45) is 0 Å². The molecule has 3 aromatic rings. The quantitative estimate of drug-likeness (QED) is 0.504. The molecule has 1 aromatic carbocycles. The van der Waals surface area contributed by atoms with E-state index in [2.05, 4.69) is 20.6 Å². The number of pyridine rings is 1. The zero-order valence-electron chi connectivity index (χ0n) is 18.9. The van der Waals surface area contributed by atoms with Gasteiger partial charge in [-0.05, 0) is 32.4 Å². The van der Waals surface area contributed by atoms with Gasteiger partial charge in [0.2, 0.25) is 5.95 Å². The van der Waals surface area contributed by atoms with Crippen molar-refractivity contribution in [2.75, 3.05) is 25.6 Å². The second kappa shape index (κ2) is 9.65. The maximum Gasteiger partial charge on any atom is 0.267 e. The Morgan fingerprint density at radius 1 is 1.35 bits per heavy atom. The molecule has 0 spiro atoms. The van der Waals surface area contributed by atoms with Crippen LogP contribution in [0.5, 0.6) is 0 Å². The average Bonchev–Trinajstić information content (AvgIpc) is 2.80. The molecule has 34 heavy (non-hydrogen) atoms. The molecule has 3 heterocycles. The Hall–Kier alpha value is -3.08. The van der Waals surface area contributed by atoms with Crippen LogP contribution in [0.2, 0.25) is 5.02 Å². The molecule has 1 aliphatic heterocycles. The highest BCUT2D eigenvalue weighted by Crippen LogP contribution is 2.32. The van der Waals surface area contributed by atoms with Crippen molar-refractivity contribution in [3.8, 4) is 11.3 Å². The first-order valence-electron chi connectivity index (χ1n) is 10.9. The van der Waals surface area contributed by atoms with Crippen LogP contribution in [0.1, 0.15) is 36.8 Å². The van der Waals surface area contributed by atoms with Crippen LogP contribution in [0.4, 0.5) is 10.3 Å². The third-order valence-corrected chi connectivity index (χ3v) is 6.04. The molecule has 180 valence electrons.